The molecule has 31 heavy (non-hydrogen) atoms. The normalized spacial score (nSPS) is 10.5. The van der Waals surface area contributed by atoms with E-state index in [2.05, 4.69) is 4.74 Å². The highest BCUT2D eigenvalue weighted by atomic mass is 32.1. The number of hydrogen-bond donors (Lipinski definition) is 0. The van der Waals surface area contributed by atoms with Crippen LogP contribution in [0.4, 0.5) is 5.69 Å². The highest BCUT2D eigenvalue weighted by molar-refractivity contribution is 7.11. The van der Waals surface area contributed by atoms with Gasteiger partial charge in [-0.15, -0.1) is 11.3 Å². The Morgan fingerprint density at radius 2 is 1.77 bits per heavy atom. The molecule has 0 fully saturated rings. The number of thiophene rings is 1. The fraction of sp³-hybridized carbons (Fsp3) is 0.217. The molecule has 160 valence electrons. The van der Waals surface area contributed by atoms with Crippen LogP contribution in [0.1, 0.15) is 36.0 Å². The summed E-state index contributed by atoms with van der Waals surface area (Å²) in [6.07, 6.45) is 0.635. The molecule has 1 heterocycles. The van der Waals surface area contributed by atoms with Gasteiger partial charge in [-0.2, -0.15) is 0 Å². The van der Waals surface area contributed by atoms with Crippen LogP contribution in [0.25, 0.3) is 0 Å². The Bertz CT molecular complexity index is 1090. The number of nitrogens with zero attached hydrogens (tertiary/aromatic N) is 2. The van der Waals surface area contributed by atoms with E-state index >= 15 is 0 Å². The number of ether oxygens (including phenoxy) is 1. The largest absolute Gasteiger partial charge is 0.465 e. The zero-order valence-corrected chi connectivity index (χ0v) is 18.1. The molecule has 3 aromatic rings. The molecule has 0 aliphatic rings. The Labute approximate surface area is 184 Å². The van der Waals surface area contributed by atoms with Gasteiger partial charge in [0.15, 0.2) is 0 Å². The number of nitro groups is 1. The molecule has 1 aromatic heterocycles. The third kappa shape index (κ3) is 5.76. The summed E-state index contributed by atoms with van der Waals surface area (Å²) in [5.41, 5.74) is 0.796. The molecular formula is C23H22N2O5S. The first kappa shape index (κ1) is 22.2. The van der Waals surface area contributed by atoms with Crippen molar-refractivity contribution in [3.63, 3.8) is 0 Å². The molecule has 0 aliphatic heterocycles. The van der Waals surface area contributed by atoms with Gasteiger partial charge in [0.1, 0.15) is 0 Å². The zero-order chi connectivity index (χ0) is 22.4. The summed E-state index contributed by atoms with van der Waals surface area (Å²) in [6, 6.07) is 17.4. The van der Waals surface area contributed by atoms with Crippen LogP contribution in [0.2, 0.25) is 0 Å². The third-order valence-corrected chi connectivity index (χ3v) is 5.73. The van der Waals surface area contributed by atoms with Crippen molar-refractivity contribution in [3.05, 3.63) is 97.2 Å². The van der Waals surface area contributed by atoms with Crippen molar-refractivity contribution >= 4 is 28.9 Å². The molecule has 0 aliphatic carbocycles. The number of esters is 1. The fourth-order valence-corrected chi connectivity index (χ4v) is 4.08. The van der Waals surface area contributed by atoms with E-state index in [1.807, 2.05) is 49.4 Å². The molecular weight excluding hydrogens is 416 g/mol. The van der Waals surface area contributed by atoms with Gasteiger partial charge in [-0.25, -0.2) is 4.79 Å². The van der Waals surface area contributed by atoms with Crippen molar-refractivity contribution in [2.75, 3.05) is 13.7 Å². The number of carbonyl (C=O) groups excluding carboxylic acids is 2. The number of rotatable bonds is 8. The Kier molecular flexibility index (Phi) is 7.15. The highest BCUT2D eigenvalue weighted by Crippen LogP contribution is 2.22. The van der Waals surface area contributed by atoms with Crippen LogP contribution in [-0.4, -0.2) is 35.4 Å². The SMILES string of the molecule is COC(=O)c1cc(C(=O)N(CCc2ccccc2)Cc2ccc(C)s2)cc([N+](=O)[O-])c1. The molecule has 3 rings (SSSR count). The third-order valence-electron chi connectivity index (χ3n) is 4.74. The van der Waals surface area contributed by atoms with E-state index in [9.17, 15) is 19.7 Å². The van der Waals surface area contributed by atoms with Gasteiger partial charge in [-0.05, 0) is 37.1 Å². The van der Waals surface area contributed by atoms with Crippen molar-refractivity contribution < 1.29 is 19.2 Å². The highest BCUT2D eigenvalue weighted by Gasteiger charge is 2.22. The maximum atomic E-state index is 13.4. The van der Waals surface area contributed by atoms with Crippen LogP contribution in [0.5, 0.6) is 0 Å². The monoisotopic (exact) mass is 438 g/mol. The van der Waals surface area contributed by atoms with E-state index < -0.39 is 10.9 Å². The van der Waals surface area contributed by atoms with E-state index in [4.69, 9.17) is 0 Å². The Balaban J connectivity index is 1.93. The molecule has 0 bridgehead atoms. The fourth-order valence-electron chi connectivity index (χ4n) is 3.18. The van der Waals surface area contributed by atoms with Crippen LogP contribution < -0.4 is 0 Å². The molecule has 0 spiro atoms. The first-order chi connectivity index (χ1) is 14.9. The van der Waals surface area contributed by atoms with Crippen LogP contribution >= 0.6 is 11.3 Å². The molecule has 0 N–H and O–H groups in total. The Morgan fingerprint density at radius 3 is 2.39 bits per heavy atom. The van der Waals surface area contributed by atoms with Crippen LogP contribution in [-0.2, 0) is 17.7 Å². The summed E-state index contributed by atoms with van der Waals surface area (Å²) in [5.74, 6) is -1.11. The lowest BCUT2D eigenvalue weighted by Gasteiger charge is -2.22. The topological polar surface area (TPSA) is 89.8 Å². The quantitative estimate of drug-likeness (QED) is 0.290. The number of nitro benzene ring substituents is 1. The van der Waals surface area contributed by atoms with Gasteiger partial charge in [0.05, 0.1) is 24.1 Å². The molecule has 0 unspecified atom stereocenters. The lowest BCUT2D eigenvalue weighted by molar-refractivity contribution is -0.384. The minimum absolute atomic E-state index is 0.0324. The van der Waals surface area contributed by atoms with Gasteiger partial charge in [0.25, 0.3) is 11.6 Å². The molecule has 8 heteroatoms. The van der Waals surface area contributed by atoms with Gasteiger partial charge in [-0.1, -0.05) is 30.3 Å². The van der Waals surface area contributed by atoms with Crippen LogP contribution in [0.15, 0.2) is 60.7 Å². The summed E-state index contributed by atoms with van der Waals surface area (Å²) >= 11 is 1.59. The van der Waals surface area contributed by atoms with E-state index in [1.165, 1.54) is 19.2 Å². The maximum absolute atomic E-state index is 13.4. The Hall–Kier alpha value is -3.52. The van der Waals surface area contributed by atoms with Crippen molar-refractivity contribution in [3.8, 4) is 0 Å². The molecule has 0 saturated carbocycles. The van der Waals surface area contributed by atoms with Gasteiger partial charge in [0.2, 0.25) is 0 Å². The number of hydrogen-bond acceptors (Lipinski definition) is 6. The number of aryl methyl sites for hydroxylation is 1. The lowest BCUT2D eigenvalue weighted by Crippen LogP contribution is -2.32. The maximum Gasteiger partial charge on any atom is 0.338 e. The van der Waals surface area contributed by atoms with E-state index in [0.717, 1.165) is 21.4 Å². The smallest absolute Gasteiger partial charge is 0.338 e. The van der Waals surface area contributed by atoms with Crippen molar-refractivity contribution in [2.24, 2.45) is 0 Å². The molecule has 7 nitrogen and oxygen atoms in total. The number of benzene rings is 2. The zero-order valence-electron chi connectivity index (χ0n) is 17.2. The van der Waals surface area contributed by atoms with E-state index in [0.29, 0.717) is 19.5 Å². The van der Waals surface area contributed by atoms with E-state index in [1.54, 1.807) is 16.2 Å². The number of non-ortho nitro benzene ring substituents is 1. The summed E-state index contributed by atoms with van der Waals surface area (Å²) in [6.45, 7) is 2.80. The summed E-state index contributed by atoms with van der Waals surface area (Å²) in [5, 5.41) is 11.3. The number of amides is 1. The van der Waals surface area contributed by atoms with E-state index in [-0.39, 0.29) is 22.7 Å². The van der Waals surface area contributed by atoms with Gasteiger partial charge >= 0.3 is 5.97 Å². The lowest BCUT2D eigenvalue weighted by atomic mass is 10.1. The van der Waals surface area contributed by atoms with Gasteiger partial charge < -0.3 is 9.64 Å². The predicted molar refractivity (Wildman–Crippen MR) is 118 cm³/mol. The average Bonchev–Trinajstić information content (AvgIpc) is 3.20. The van der Waals surface area contributed by atoms with Crippen molar-refractivity contribution in [1.29, 1.82) is 0 Å². The molecule has 0 radical (unpaired) electrons. The van der Waals surface area contributed by atoms with Crippen LogP contribution in [0, 0.1) is 17.0 Å². The summed E-state index contributed by atoms with van der Waals surface area (Å²) in [4.78, 5) is 39.9. The first-order valence-electron chi connectivity index (χ1n) is 9.63. The second-order valence-electron chi connectivity index (χ2n) is 6.99. The molecule has 1 amide bonds. The minimum Gasteiger partial charge on any atom is -0.465 e. The second-order valence-corrected chi connectivity index (χ2v) is 8.36. The van der Waals surface area contributed by atoms with Crippen LogP contribution in [0.3, 0.4) is 0 Å². The Morgan fingerprint density at radius 1 is 1.06 bits per heavy atom. The standard InChI is InChI=1S/C23H22N2O5S/c1-16-8-9-21(31-16)15-24(11-10-17-6-4-3-5-7-17)22(26)18-12-19(23(27)30-2)14-20(13-18)25(28)29/h3-9,12-14H,10-11,15H2,1-2H3. The average molecular weight is 439 g/mol. The summed E-state index contributed by atoms with van der Waals surface area (Å²) in [7, 11) is 1.19. The second kappa shape index (κ2) is 9.99. The molecule has 2 aromatic carbocycles. The minimum atomic E-state index is -0.734. The first-order valence-corrected chi connectivity index (χ1v) is 10.5. The predicted octanol–water partition coefficient (Wildman–Crippen LogP) is 4.64. The van der Waals surface area contributed by atoms with Crippen molar-refractivity contribution in [2.45, 2.75) is 19.9 Å². The van der Waals surface area contributed by atoms with Crippen molar-refractivity contribution in [1.82, 2.24) is 4.90 Å². The molecule has 0 saturated heterocycles. The number of carbonyl (C=O) groups is 2. The van der Waals surface area contributed by atoms with Gasteiger partial charge in [-0.3, -0.25) is 14.9 Å². The number of methoxy groups -OCH3 is 1. The summed E-state index contributed by atoms with van der Waals surface area (Å²) < 4.78 is 4.69. The van der Waals surface area contributed by atoms with Gasteiger partial charge in [0, 0.05) is 34.0 Å². The molecule has 0 atom stereocenters.